The Kier molecular flexibility index (Phi) is 9.09. The Labute approximate surface area is 242 Å². The standard InChI is InChI=1S/C19H15F4I3O9S/c20-18(21,19(22,23)36(30,31)32)1-2-33-15(27)8-5-12(13-6-9(8)16(28)34-13)35-17(29)10-3-7(24)4-11(25)14(10)26/h3-4,8-9,12-13H,1-2,5-6H2,(H,30,31,32)/p-1. The van der Waals surface area contributed by atoms with E-state index in [1.54, 1.807) is 6.07 Å². The first-order valence-electron chi connectivity index (χ1n) is 9.90. The summed E-state index contributed by atoms with van der Waals surface area (Å²) in [6, 6.07) is 3.42. The minimum Gasteiger partial charge on any atom is -0.743 e. The molecule has 1 aromatic carbocycles. The lowest BCUT2D eigenvalue weighted by molar-refractivity contribution is -0.177. The van der Waals surface area contributed by atoms with E-state index in [1.165, 1.54) is 0 Å². The molecule has 36 heavy (non-hydrogen) atoms. The third-order valence-electron chi connectivity index (χ3n) is 5.62. The predicted octanol–water partition coefficient (Wildman–Crippen LogP) is 3.68. The van der Waals surface area contributed by atoms with Gasteiger partial charge < -0.3 is 18.8 Å². The lowest BCUT2D eigenvalue weighted by Crippen LogP contribution is -2.47. The number of halogens is 7. The highest BCUT2D eigenvalue weighted by molar-refractivity contribution is 14.1. The van der Waals surface area contributed by atoms with E-state index < -0.39 is 76.3 Å². The molecule has 2 fully saturated rings. The van der Waals surface area contributed by atoms with E-state index in [4.69, 9.17) is 9.47 Å². The first-order valence-corrected chi connectivity index (χ1v) is 14.5. The summed E-state index contributed by atoms with van der Waals surface area (Å²) < 4.78 is 103. The Bertz CT molecular complexity index is 1190. The molecule has 0 spiro atoms. The minimum absolute atomic E-state index is 0.0276. The van der Waals surface area contributed by atoms with Crippen LogP contribution >= 0.6 is 67.8 Å². The summed E-state index contributed by atoms with van der Waals surface area (Å²) in [5.41, 5.74) is 0.244. The molecule has 9 nitrogen and oxygen atoms in total. The smallest absolute Gasteiger partial charge is 0.396 e. The van der Waals surface area contributed by atoms with Gasteiger partial charge in [0.15, 0.2) is 10.1 Å². The molecule has 4 unspecified atom stereocenters. The number of esters is 3. The highest BCUT2D eigenvalue weighted by Crippen LogP contribution is 2.43. The first-order chi connectivity index (χ1) is 16.5. The number of hydrogen-bond acceptors (Lipinski definition) is 9. The molecule has 0 N–H and O–H groups in total. The van der Waals surface area contributed by atoms with Gasteiger partial charge in [-0.1, -0.05) is 0 Å². The number of carbonyl (C=O) groups excluding carboxylic acids is 3. The second kappa shape index (κ2) is 10.9. The molecule has 200 valence electrons. The van der Waals surface area contributed by atoms with E-state index in [-0.39, 0.29) is 18.4 Å². The second-order valence-electron chi connectivity index (χ2n) is 7.95. The number of fused-ring (bicyclic) bond motifs is 2. The van der Waals surface area contributed by atoms with Gasteiger partial charge in [0.05, 0.1) is 30.4 Å². The van der Waals surface area contributed by atoms with Gasteiger partial charge >= 0.3 is 29.1 Å². The van der Waals surface area contributed by atoms with Gasteiger partial charge in [-0.25, -0.2) is 13.2 Å². The molecule has 1 aliphatic carbocycles. The second-order valence-corrected chi connectivity index (χ2v) is 12.9. The summed E-state index contributed by atoms with van der Waals surface area (Å²) in [6.07, 6.45) is -4.16. The van der Waals surface area contributed by atoms with Crippen molar-refractivity contribution in [3.05, 3.63) is 28.4 Å². The minimum atomic E-state index is -6.68. The SMILES string of the molecule is O=C(OC1CC(C(=O)OCCC(F)(F)C(F)(F)S(=O)(=O)[O-])C2CC1OC2=O)c1cc(I)cc(I)c1I. The zero-order valence-electron chi connectivity index (χ0n) is 17.5. The van der Waals surface area contributed by atoms with E-state index in [0.717, 1.165) is 7.14 Å². The Morgan fingerprint density at radius 3 is 2.39 bits per heavy atom. The van der Waals surface area contributed by atoms with Crippen molar-refractivity contribution in [1.82, 2.24) is 0 Å². The van der Waals surface area contributed by atoms with E-state index in [1.807, 2.05) is 73.8 Å². The summed E-state index contributed by atoms with van der Waals surface area (Å²) in [6.45, 7) is -1.36. The molecule has 1 aliphatic heterocycles. The largest absolute Gasteiger partial charge is 0.743 e. The van der Waals surface area contributed by atoms with Crippen LogP contribution in [0.2, 0.25) is 0 Å². The lowest BCUT2D eigenvalue weighted by Gasteiger charge is -2.31. The molecule has 1 heterocycles. The zero-order valence-corrected chi connectivity index (χ0v) is 24.8. The van der Waals surface area contributed by atoms with Crippen LogP contribution in [0.1, 0.15) is 29.6 Å². The Hall–Kier alpha value is -0.550. The molecular weight excluding hydrogens is 861 g/mol. The molecule has 2 aliphatic rings. The van der Waals surface area contributed by atoms with Crippen LogP contribution in [0.3, 0.4) is 0 Å². The zero-order chi connectivity index (χ0) is 27.2. The van der Waals surface area contributed by atoms with Gasteiger partial charge in [-0.15, -0.1) is 0 Å². The normalized spacial score (nSPS) is 24.3. The van der Waals surface area contributed by atoms with Crippen molar-refractivity contribution in [3.8, 4) is 0 Å². The van der Waals surface area contributed by atoms with Crippen LogP contribution in [-0.2, 0) is 33.9 Å². The van der Waals surface area contributed by atoms with Crippen LogP contribution in [0.4, 0.5) is 17.6 Å². The van der Waals surface area contributed by atoms with Crippen molar-refractivity contribution in [2.45, 2.75) is 42.6 Å². The number of alkyl halides is 4. The molecule has 2 bridgehead atoms. The van der Waals surface area contributed by atoms with Gasteiger partial charge in [0.25, 0.3) is 0 Å². The average molecular weight is 875 g/mol. The number of rotatable bonds is 8. The maximum atomic E-state index is 13.6. The fraction of sp³-hybridized carbons (Fsp3) is 0.526. The van der Waals surface area contributed by atoms with Crippen LogP contribution in [0.15, 0.2) is 12.1 Å². The maximum absolute atomic E-state index is 13.6. The molecule has 1 aromatic rings. The number of hydrogen-bond donors (Lipinski definition) is 0. The quantitative estimate of drug-likeness (QED) is 0.0958. The molecular formula is C19H14F4I3O9S-. The predicted molar refractivity (Wildman–Crippen MR) is 135 cm³/mol. The number of ether oxygens (including phenoxy) is 3. The molecule has 17 heteroatoms. The molecule has 1 saturated carbocycles. The Morgan fingerprint density at radius 1 is 1.14 bits per heavy atom. The van der Waals surface area contributed by atoms with E-state index in [2.05, 4.69) is 4.74 Å². The summed E-state index contributed by atoms with van der Waals surface area (Å²) in [5, 5.41) is -5.91. The van der Waals surface area contributed by atoms with Crippen molar-refractivity contribution in [1.29, 1.82) is 0 Å². The van der Waals surface area contributed by atoms with E-state index >= 15 is 0 Å². The first kappa shape index (κ1) is 30.0. The molecule has 3 rings (SSSR count). The van der Waals surface area contributed by atoms with Crippen LogP contribution in [-0.4, -0.2) is 60.9 Å². The Morgan fingerprint density at radius 2 is 1.78 bits per heavy atom. The fourth-order valence-electron chi connectivity index (χ4n) is 3.76. The van der Waals surface area contributed by atoms with Crippen LogP contribution in [0.5, 0.6) is 0 Å². The summed E-state index contributed by atoms with van der Waals surface area (Å²) in [5.74, 6) is -10.4. The molecule has 0 aromatic heterocycles. The number of benzene rings is 1. The van der Waals surface area contributed by atoms with E-state index in [9.17, 15) is 44.9 Å². The monoisotopic (exact) mass is 875 g/mol. The average Bonchev–Trinajstić information content (AvgIpc) is 3.07. The van der Waals surface area contributed by atoms with Gasteiger partial charge in [0.2, 0.25) is 0 Å². The van der Waals surface area contributed by atoms with Gasteiger partial charge in [-0.2, -0.15) is 17.6 Å². The molecule has 4 atom stereocenters. The van der Waals surface area contributed by atoms with Crippen molar-refractivity contribution < 1.29 is 59.1 Å². The van der Waals surface area contributed by atoms with Crippen molar-refractivity contribution in [2.75, 3.05) is 6.61 Å². The lowest BCUT2D eigenvalue weighted by atomic mass is 9.78. The van der Waals surface area contributed by atoms with E-state index in [0.29, 0.717) is 3.57 Å². The van der Waals surface area contributed by atoms with Gasteiger partial charge in [-0.3, -0.25) is 9.59 Å². The molecule has 1 saturated heterocycles. The highest BCUT2D eigenvalue weighted by Gasteiger charge is 2.61. The van der Waals surface area contributed by atoms with Crippen molar-refractivity contribution in [2.24, 2.45) is 11.8 Å². The van der Waals surface area contributed by atoms with Gasteiger partial charge in [-0.05, 0) is 79.9 Å². The highest BCUT2D eigenvalue weighted by atomic mass is 127. The summed E-state index contributed by atoms with van der Waals surface area (Å²) in [7, 11) is -6.68. The molecule has 0 amide bonds. The van der Waals surface area contributed by atoms with Gasteiger partial charge in [0, 0.05) is 23.6 Å². The van der Waals surface area contributed by atoms with Gasteiger partial charge in [0.1, 0.15) is 12.2 Å². The number of carbonyl (C=O) groups is 3. The summed E-state index contributed by atoms with van der Waals surface area (Å²) >= 11 is 6.01. The Balaban J connectivity index is 1.69. The van der Waals surface area contributed by atoms with Crippen LogP contribution in [0, 0.1) is 22.5 Å². The fourth-order valence-corrected chi connectivity index (χ4v) is 6.60. The topological polar surface area (TPSA) is 136 Å². The molecule has 0 radical (unpaired) electrons. The maximum Gasteiger partial charge on any atom is 0.396 e. The van der Waals surface area contributed by atoms with Crippen molar-refractivity contribution >= 4 is 95.8 Å². The third-order valence-corrected chi connectivity index (χ3v) is 10.2. The van der Waals surface area contributed by atoms with Crippen molar-refractivity contribution in [3.63, 3.8) is 0 Å². The third kappa shape index (κ3) is 6.03. The summed E-state index contributed by atoms with van der Waals surface area (Å²) in [4.78, 5) is 37.5. The van der Waals surface area contributed by atoms with Crippen LogP contribution in [0.25, 0.3) is 0 Å². The van der Waals surface area contributed by atoms with Crippen LogP contribution < -0.4 is 0 Å².